The molecule has 0 unspecified atom stereocenters. The van der Waals surface area contributed by atoms with Crippen molar-refractivity contribution in [3.63, 3.8) is 0 Å². The number of nitro groups is 1. The van der Waals surface area contributed by atoms with Gasteiger partial charge in [0.05, 0.1) is 4.92 Å². The van der Waals surface area contributed by atoms with E-state index in [0.29, 0.717) is 0 Å². The monoisotopic (exact) mass is 195 g/mol. The number of carbonyl (C=O) groups excluding carboxylic acids is 1. The minimum absolute atomic E-state index is 0.105. The normalized spacial score (nSPS) is 8.86. The Morgan fingerprint density at radius 1 is 1.43 bits per heavy atom. The van der Waals surface area contributed by atoms with Crippen molar-refractivity contribution in [2.45, 2.75) is 0 Å². The Morgan fingerprint density at radius 2 is 2.00 bits per heavy atom. The Bertz CT molecular complexity index is 391. The summed E-state index contributed by atoms with van der Waals surface area (Å²) in [6, 6.07) is 4.89. The molecule has 72 valence electrons. The van der Waals surface area contributed by atoms with Crippen molar-refractivity contribution in [1.82, 2.24) is 0 Å². The Balaban J connectivity index is 2.84. The molecule has 0 fully saturated rings. The molecule has 0 heterocycles. The summed E-state index contributed by atoms with van der Waals surface area (Å²) in [5.74, 6) is 0.321. The number of hydrogen-bond donors (Lipinski definition) is 1. The smallest absolute Gasteiger partial charge is 0.372 e. The second kappa shape index (κ2) is 4.06. The first-order valence-corrected chi connectivity index (χ1v) is 3.50. The van der Waals surface area contributed by atoms with Gasteiger partial charge in [0.25, 0.3) is 5.69 Å². The van der Waals surface area contributed by atoms with E-state index in [9.17, 15) is 14.9 Å². The summed E-state index contributed by atoms with van der Waals surface area (Å²) in [6.07, 6.45) is 0. The van der Waals surface area contributed by atoms with Crippen molar-refractivity contribution in [3.05, 3.63) is 40.3 Å². The molecule has 6 heteroatoms. The van der Waals surface area contributed by atoms with Gasteiger partial charge in [-0.05, 0) is 12.1 Å². The zero-order valence-corrected chi connectivity index (χ0v) is 6.84. The highest BCUT2D eigenvalue weighted by Gasteiger charge is 2.05. The largest absolute Gasteiger partial charge is 0.472 e. The maximum atomic E-state index is 10.2. The van der Waals surface area contributed by atoms with Crippen LogP contribution >= 0.6 is 0 Å². The number of nitro benzene ring substituents is 1. The highest BCUT2D eigenvalue weighted by atomic mass is 16.6. The van der Waals surface area contributed by atoms with Gasteiger partial charge in [0.15, 0.2) is 0 Å². The first-order chi connectivity index (χ1) is 6.63. The van der Waals surface area contributed by atoms with Crippen LogP contribution in [0.3, 0.4) is 0 Å². The number of aliphatic hydroxyl groups is 1. The van der Waals surface area contributed by atoms with Crippen LogP contribution in [0.5, 0.6) is 5.75 Å². The van der Waals surface area contributed by atoms with E-state index in [2.05, 4.69) is 4.74 Å². The van der Waals surface area contributed by atoms with E-state index in [1.807, 2.05) is 0 Å². The van der Waals surface area contributed by atoms with Gasteiger partial charge in [-0.1, -0.05) is 0 Å². The summed E-state index contributed by atoms with van der Waals surface area (Å²) >= 11 is 0. The summed E-state index contributed by atoms with van der Waals surface area (Å²) in [7, 11) is 0. The lowest BCUT2D eigenvalue weighted by atomic mass is 10.3. The van der Waals surface area contributed by atoms with E-state index in [4.69, 9.17) is 5.11 Å². The molecule has 0 atom stereocenters. The zero-order chi connectivity index (χ0) is 10.6. The van der Waals surface area contributed by atoms with Gasteiger partial charge in [-0.25, -0.2) is 4.79 Å². The molecule has 0 aliphatic carbocycles. The third kappa shape index (κ3) is 2.33. The van der Waals surface area contributed by atoms with Gasteiger partial charge < -0.3 is 9.84 Å². The molecular weight excluding hydrogens is 190 g/mol. The number of hydrogen-bond acceptors (Lipinski definition) is 5. The second-order valence-electron chi connectivity index (χ2n) is 2.26. The van der Waals surface area contributed by atoms with Crippen LogP contribution in [0.15, 0.2) is 30.2 Å². The molecule has 0 aliphatic heterocycles. The molecule has 0 saturated heterocycles. The first-order valence-electron chi connectivity index (χ1n) is 3.50. The fourth-order valence-corrected chi connectivity index (χ4v) is 0.768. The predicted octanol–water partition coefficient (Wildman–Crippen LogP) is 1.20. The molecular formula is C8H5NO5. The lowest BCUT2D eigenvalue weighted by Crippen LogP contribution is -1.94. The SMILES string of the molecule is O=C=C(O)Oc1ccc([N+](=O)[O-])cc1. The lowest BCUT2D eigenvalue weighted by molar-refractivity contribution is -0.384. The summed E-state index contributed by atoms with van der Waals surface area (Å²) in [5.41, 5.74) is -0.105. The fraction of sp³-hybridized carbons (Fsp3) is 0. The maximum absolute atomic E-state index is 10.2. The van der Waals surface area contributed by atoms with Crippen LogP contribution in [0.25, 0.3) is 0 Å². The van der Waals surface area contributed by atoms with E-state index >= 15 is 0 Å². The molecule has 1 aromatic rings. The van der Waals surface area contributed by atoms with Crippen LogP contribution < -0.4 is 4.74 Å². The van der Waals surface area contributed by atoms with Gasteiger partial charge in [0.2, 0.25) is 5.94 Å². The van der Waals surface area contributed by atoms with Crippen LogP contribution in [0.4, 0.5) is 5.69 Å². The average Bonchev–Trinajstić information content (AvgIpc) is 2.18. The molecule has 0 radical (unpaired) electrons. The molecule has 1 rings (SSSR count). The molecule has 0 aromatic heterocycles. The number of rotatable bonds is 3. The minimum Gasteiger partial charge on any atom is -0.472 e. The average molecular weight is 195 g/mol. The van der Waals surface area contributed by atoms with Crippen LogP contribution in [-0.2, 0) is 4.79 Å². The first kappa shape index (κ1) is 9.76. The topological polar surface area (TPSA) is 89.7 Å². The van der Waals surface area contributed by atoms with E-state index in [-0.39, 0.29) is 11.4 Å². The van der Waals surface area contributed by atoms with E-state index in [1.165, 1.54) is 24.3 Å². The second-order valence-corrected chi connectivity index (χ2v) is 2.26. The number of non-ortho nitro benzene ring substituents is 1. The van der Waals surface area contributed by atoms with Crippen LogP contribution in [0.2, 0.25) is 0 Å². The molecule has 0 saturated carbocycles. The molecule has 1 N–H and O–H groups in total. The van der Waals surface area contributed by atoms with Gasteiger partial charge >= 0.3 is 5.95 Å². The van der Waals surface area contributed by atoms with Crippen molar-refractivity contribution < 1.29 is 19.6 Å². The third-order valence-corrected chi connectivity index (χ3v) is 1.35. The maximum Gasteiger partial charge on any atom is 0.372 e. The van der Waals surface area contributed by atoms with Crippen LogP contribution in [0, 0.1) is 10.1 Å². The highest BCUT2D eigenvalue weighted by molar-refractivity contribution is 5.47. The number of benzene rings is 1. The van der Waals surface area contributed by atoms with Crippen molar-refractivity contribution in [1.29, 1.82) is 0 Å². The highest BCUT2D eigenvalue weighted by Crippen LogP contribution is 2.17. The Labute approximate surface area is 78.2 Å². The number of ether oxygens (including phenoxy) is 1. The van der Waals surface area contributed by atoms with Crippen molar-refractivity contribution in [2.75, 3.05) is 0 Å². The lowest BCUT2D eigenvalue weighted by Gasteiger charge is -1.99. The quantitative estimate of drug-likeness (QED) is 0.338. The zero-order valence-electron chi connectivity index (χ0n) is 6.84. The number of nitrogens with zero attached hydrogens (tertiary/aromatic N) is 1. The minimum atomic E-state index is -0.918. The van der Waals surface area contributed by atoms with Gasteiger partial charge in [-0.3, -0.25) is 10.1 Å². The third-order valence-electron chi connectivity index (χ3n) is 1.35. The van der Waals surface area contributed by atoms with Gasteiger partial charge in [-0.15, -0.1) is 0 Å². The Hall–Kier alpha value is -2.33. The van der Waals surface area contributed by atoms with Crippen LogP contribution in [0.1, 0.15) is 0 Å². The molecule has 0 amide bonds. The number of aliphatic hydroxyl groups excluding tert-OH is 1. The summed E-state index contributed by atoms with van der Waals surface area (Å²) in [5, 5.41) is 18.9. The Morgan fingerprint density at radius 3 is 2.43 bits per heavy atom. The van der Waals surface area contributed by atoms with Gasteiger partial charge in [0.1, 0.15) is 5.75 Å². The standard InChI is InChI=1S/C8H5NO5/c10-5-8(11)14-7-3-1-6(2-4-7)9(12)13/h1-4,11H. The molecule has 0 bridgehead atoms. The van der Waals surface area contributed by atoms with Crippen molar-refractivity contribution in [2.24, 2.45) is 0 Å². The molecule has 0 aliphatic rings. The molecule has 6 nitrogen and oxygen atoms in total. The Kier molecular flexibility index (Phi) is 2.83. The molecule has 1 aromatic carbocycles. The van der Waals surface area contributed by atoms with Crippen molar-refractivity contribution >= 4 is 11.6 Å². The van der Waals surface area contributed by atoms with E-state index < -0.39 is 10.9 Å². The van der Waals surface area contributed by atoms with Gasteiger partial charge in [0, 0.05) is 12.1 Å². The van der Waals surface area contributed by atoms with Crippen LogP contribution in [-0.4, -0.2) is 16.0 Å². The summed E-state index contributed by atoms with van der Waals surface area (Å²) in [4.78, 5) is 19.5. The predicted molar refractivity (Wildman–Crippen MR) is 45.6 cm³/mol. The summed E-state index contributed by atoms with van der Waals surface area (Å²) in [6.45, 7) is 0. The van der Waals surface area contributed by atoms with Gasteiger partial charge in [-0.2, -0.15) is 0 Å². The molecule has 0 spiro atoms. The van der Waals surface area contributed by atoms with E-state index in [0.717, 1.165) is 5.94 Å². The molecule has 14 heavy (non-hydrogen) atoms. The van der Waals surface area contributed by atoms with E-state index in [1.54, 1.807) is 0 Å². The summed E-state index contributed by atoms with van der Waals surface area (Å²) < 4.78 is 4.52. The fourth-order valence-electron chi connectivity index (χ4n) is 0.768. The van der Waals surface area contributed by atoms with Crippen molar-refractivity contribution in [3.8, 4) is 5.75 Å².